The lowest BCUT2D eigenvalue weighted by Gasteiger charge is -2.12. The first-order valence-electron chi connectivity index (χ1n) is 4.44. The molecule has 0 bridgehead atoms. The molecule has 1 heteroatoms. The Morgan fingerprint density at radius 3 is 2.42 bits per heavy atom. The smallest absolute Gasteiger partial charge is 0.0210 e. The minimum atomic E-state index is 0.623. The molecule has 1 aromatic rings. The van der Waals surface area contributed by atoms with Gasteiger partial charge in [0.1, 0.15) is 0 Å². The van der Waals surface area contributed by atoms with Crippen LogP contribution in [-0.4, -0.2) is 0 Å². The average molecular weight is 227 g/mol. The largest absolute Gasteiger partial charge is 0.0612 e. The SMILES string of the molecule is CCc1c(Br)cccc1C(C)C. The maximum absolute atomic E-state index is 3.58. The standard InChI is InChI=1S/C11H15Br/c1-4-9-10(8(2)3)6-5-7-11(9)12/h5-8H,4H2,1-3H3. The third-order valence-corrected chi connectivity index (χ3v) is 2.87. The summed E-state index contributed by atoms with van der Waals surface area (Å²) >= 11 is 3.58. The van der Waals surface area contributed by atoms with Crippen molar-refractivity contribution in [1.82, 2.24) is 0 Å². The first kappa shape index (κ1) is 9.79. The minimum absolute atomic E-state index is 0.623. The highest BCUT2D eigenvalue weighted by atomic mass is 79.9. The van der Waals surface area contributed by atoms with Gasteiger partial charge in [0.2, 0.25) is 0 Å². The molecule has 0 aliphatic carbocycles. The monoisotopic (exact) mass is 226 g/mol. The summed E-state index contributed by atoms with van der Waals surface area (Å²) in [5.41, 5.74) is 2.92. The summed E-state index contributed by atoms with van der Waals surface area (Å²) in [6, 6.07) is 6.44. The predicted octanol–water partition coefficient (Wildman–Crippen LogP) is 4.13. The van der Waals surface area contributed by atoms with E-state index in [-0.39, 0.29) is 0 Å². The molecule has 1 aromatic carbocycles. The fourth-order valence-electron chi connectivity index (χ4n) is 1.49. The molecule has 0 aromatic heterocycles. The molecule has 0 saturated heterocycles. The van der Waals surface area contributed by atoms with Crippen LogP contribution in [0.2, 0.25) is 0 Å². The summed E-state index contributed by atoms with van der Waals surface area (Å²) in [7, 11) is 0. The van der Waals surface area contributed by atoms with E-state index in [0.29, 0.717) is 5.92 Å². The Morgan fingerprint density at radius 1 is 1.33 bits per heavy atom. The lowest BCUT2D eigenvalue weighted by atomic mass is 9.96. The molecule has 0 fully saturated rings. The van der Waals surface area contributed by atoms with Gasteiger partial charge in [0, 0.05) is 4.47 Å². The predicted molar refractivity (Wildman–Crippen MR) is 57.6 cm³/mol. The maximum atomic E-state index is 3.58. The zero-order valence-electron chi connectivity index (χ0n) is 7.89. The van der Waals surface area contributed by atoms with Crippen molar-refractivity contribution >= 4 is 15.9 Å². The Hall–Kier alpha value is -0.300. The normalized spacial score (nSPS) is 10.8. The second-order valence-corrected chi connectivity index (χ2v) is 4.17. The van der Waals surface area contributed by atoms with E-state index in [1.807, 2.05) is 0 Å². The molecule has 0 N–H and O–H groups in total. The first-order chi connectivity index (χ1) is 5.66. The van der Waals surface area contributed by atoms with Gasteiger partial charge >= 0.3 is 0 Å². The quantitative estimate of drug-likeness (QED) is 0.712. The van der Waals surface area contributed by atoms with Crippen molar-refractivity contribution < 1.29 is 0 Å². The minimum Gasteiger partial charge on any atom is -0.0612 e. The van der Waals surface area contributed by atoms with E-state index in [1.54, 1.807) is 0 Å². The summed E-state index contributed by atoms with van der Waals surface area (Å²) in [5, 5.41) is 0. The molecular weight excluding hydrogens is 212 g/mol. The van der Waals surface area contributed by atoms with Crippen LogP contribution in [-0.2, 0) is 6.42 Å². The lowest BCUT2D eigenvalue weighted by Crippen LogP contribution is -1.95. The van der Waals surface area contributed by atoms with Crippen LogP contribution in [0, 0.1) is 0 Å². The van der Waals surface area contributed by atoms with Crippen molar-refractivity contribution in [1.29, 1.82) is 0 Å². The van der Waals surface area contributed by atoms with E-state index in [1.165, 1.54) is 15.6 Å². The second-order valence-electron chi connectivity index (χ2n) is 3.32. The van der Waals surface area contributed by atoms with Gasteiger partial charge in [0.05, 0.1) is 0 Å². The number of rotatable bonds is 2. The van der Waals surface area contributed by atoms with Crippen LogP contribution in [0.4, 0.5) is 0 Å². The summed E-state index contributed by atoms with van der Waals surface area (Å²) in [6.07, 6.45) is 1.11. The van der Waals surface area contributed by atoms with Crippen LogP contribution < -0.4 is 0 Å². The summed E-state index contributed by atoms with van der Waals surface area (Å²) < 4.78 is 1.25. The van der Waals surface area contributed by atoms with E-state index in [4.69, 9.17) is 0 Å². The Balaban J connectivity index is 3.18. The average Bonchev–Trinajstić information content (AvgIpc) is 2.03. The summed E-state index contributed by atoms with van der Waals surface area (Å²) in [6.45, 7) is 6.67. The van der Waals surface area contributed by atoms with Gasteiger partial charge in [0.15, 0.2) is 0 Å². The number of benzene rings is 1. The Bertz CT molecular complexity index is 264. The van der Waals surface area contributed by atoms with Crippen molar-refractivity contribution in [3.05, 3.63) is 33.8 Å². The number of hydrogen-bond donors (Lipinski definition) is 0. The number of halogens is 1. The van der Waals surface area contributed by atoms with Gasteiger partial charge in [-0.15, -0.1) is 0 Å². The second kappa shape index (κ2) is 4.08. The van der Waals surface area contributed by atoms with Gasteiger partial charge in [-0.1, -0.05) is 48.8 Å². The highest BCUT2D eigenvalue weighted by molar-refractivity contribution is 9.10. The van der Waals surface area contributed by atoms with Crippen LogP contribution in [0.1, 0.15) is 37.8 Å². The van der Waals surface area contributed by atoms with Crippen molar-refractivity contribution in [3.8, 4) is 0 Å². The third kappa shape index (κ3) is 1.89. The first-order valence-corrected chi connectivity index (χ1v) is 5.23. The number of hydrogen-bond acceptors (Lipinski definition) is 0. The summed E-state index contributed by atoms with van der Waals surface area (Å²) in [5.74, 6) is 0.623. The van der Waals surface area contributed by atoms with E-state index < -0.39 is 0 Å². The molecule has 0 aliphatic heterocycles. The van der Waals surface area contributed by atoms with Crippen LogP contribution in [0.3, 0.4) is 0 Å². The van der Waals surface area contributed by atoms with Crippen molar-refractivity contribution in [2.45, 2.75) is 33.1 Å². The topological polar surface area (TPSA) is 0 Å². The van der Waals surface area contributed by atoms with Gasteiger partial charge in [-0.2, -0.15) is 0 Å². The zero-order valence-corrected chi connectivity index (χ0v) is 9.48. The third-order valence-electron chi connectivity index (χ3n) is 2.13. The van der Waals surface area contributed by atoms with E-state index >= 15 is 0 Å². The molecule has 0 aliphatic rings. The molecule has 0 unspecified atom stereocenters. The van der Waals surface area contributed by atoms with Crippen LogP contribution in [0.25, 0.3) is 0 Å². The molecule has 0 amide bonds. The van der Waals surface area contributed by atoms with Gasteiger partial charge < -0.3 is 0 Å². The van der Waals surface area contributed by atoms with Gasteiger partial charge in [-0.25, -0.2) is 0 Å². The highest BCUT2D eigenvalue weighted by Crippen LogP contribution is 2.26. The Kier molecular flexibility index (Phi) is 3.33. The highest BCUT2D eigenvalue weighted by Gasteiger charge is 2.06. The molecule has 0 nitrogen and oxygen atoms in total. The van der Waals surface area contributed by atoms with Crippen molar-refractivity contribution in [2.75, 3.05) is 0 Å². The van der Waals surface area contributed by atoms with E-state index in [9.17, 15) is 0 Å². The molecule has 0 spiro atoms. The lowest BCUT2D eigenvalue weighted by molar-refractivity contribution is 0.842. The Morgan fingerprint density at radius 2 is 2.00 bits per heavy atom. The Labute approximate surface area is 83.1 Å². The molecule has 0 radical (unpaired) electrons. The van der Waals surface area contributed by atoms with Crippen LogP contribution in [0.15, 0.2) is 22.7 Å². The van der Waals surface area contributed by atoms with Crippen LogP contribution in [0.5, 0.6) is 0 Å². The zero-order chi connectivity index (χ0) is 9.14. The van der Waals surface area contributed by atoms with Gasteiger partial charge in [-0.3, -0.25) is 0 Å². The van der Waals surface area contributed by atoms with Crippen molar-refractivity contribution in [2.24, 2.45) is 0 Å². The van der Waals surface area contributed by atoms with Gasteiger partial charge in [-0.05, 0) is 29.5 Å². The molecule has 66 valence electrons. The molecule has 12 heavy (non-hydrogen) atoms. The molecule has 1 rings (SSSR count). The molecule has 0 atom stereocenters. The fraction of sp³-hybridized carbons (Fsp3) is 0.455. The van der Waals surface area contributed by atoms with E-state index in [0.717, 1.165) is 6.42 Å². The van der Waals surface area contributed by atoms with E-state index in [2.05, 4.69) is 54.9 Å². The van der Waals surface area contributed by atoms with Gasteiger partial charge in [0.25, 0.3) is 0 Å². The molecule has 0 saturated carbocycles. The van der Waals surface area contributed by atoms with Crippen molar-refractivity contribution in [3.63, 3.8) is 0 Å². The maximum Gasteiger partial charge on any atom is 0.0210 e. The fourth-order valence-corrected chi connectivity index (χ4v) is 2.15. The molecular formula is C11H15Br. The molecule has 0 heterocycles. The summed E-state index contributed by atoms with van der Waals surface area (Å²) in [4.78, 5) is 0. The van der Waals surface area contributed by atoms with Crippen LogP contribution >= 0.6 is 15.9 Å².